The Labute approximate surface area is 147 Å². The van der Waals surface area contributed by atoms with Gasteiger partial charge < -0.3 is 10.2 Å². The van der Waals surface area contributed by atoms with E-state index < -0.39 is 0 Å². The van der Waals surface area contributed by atoms with Gasteiger partial charge in [0.25, 0.3) is 5.56 Å². The number of amides is 1. The van der Waals surface area contributed by atoms with E-state index >= 15 is 0 Å². The van der Waals surface area contributed by atoms with Gasteiger partial charge in [-0.3, -0.25) is 9.59 Å². The molecule has 2 heterocycles. The topological polar surface area (TPSA) is 67.2 Å². The third kappa shape index (κ3) is 4.07. The Morgan fingerprint density at radius 1 is 1.36 bits per heavy atom. The van der Waals surface area contributed by atoms with Crippen LogP contribution in [0.1, 0.15) is 25.3 Å². The molecule has 1 aliphatic rings. The highest BCUT2D eigenvalue weighted by molar-refractivity contribution is 5.93. The van der Waals surface area contributed by atoms with Crippen LogP contribution < -0.4 is 15.8 Å². The first-order valence-corrected chi connectivity index (χ1v) is 8.75. The van der Waals surface area contributed by atoms with E-state index in [1.54, 1.807) is 19.3 Å². The van der Waals surface area contributed by atoms with Crippen LogP contribution in [-0.4, -0.2) is 28.8 Å². The minimum atomic E-state index is -0.138. The number of benzene rings is 1. The van der Waals surface area contributed by atoms with Crippen LogP contribution in [0.2, 0.25) is 0 Å². The van der Waals surface area contributed by atoms with Crippen LogP contribution in [-0.2, 0) is 18.3 Å². The van der Waals surface area contributed by atoms with Crippen molar-refractivity contribution in [3.63, 3.8) is 0 Å². The Hall–Kier alpha value is -2.63. The van der Waals surface area contributed by atoms with Gasteiger partial charge in [-0.05, 0) is 37.0 Å². The van der Waals surface area contributed by atoms with Gasteiger partial charge in [-0.1, -0.05) is 19.1 Å². The monoisotopic (exact) mass is 340 g/mol. The number of aryl methyl sites for hydroxylation is 2. The number of piperidine rings is 1. The Morgan fingerprint density at radius 2 is 2.20 bits per heavy atom. The number of hydrogen-bond donors (Lipinski definition) is 1. The van der Waals surface area contributed by atoms with E-state index in [4.69, 9.17) is 0 Å². The smallest absolute Gasteiger partial charge is 0.268 e. The van der Waals surface area contributed by atoms with Gasteiger partial charge in [0.05, 0.1) is 17.8 Å². The molecule has 6 heteroatoms. The molecule has 0 aliphatic carbocycles. The lowest BCUT2D eigenvalue weighted by atomic mass is 9.96. The summed E-state index contributed by atoms with van der Waals surface area (Å²) in [7, 11) is 1.63. The first-order valence-electron chi connectivity index (χ1n) is 8.75. The van der Waals surface area contributed by atoms with Crippen molar-refractivity contribution in [2.75, 3.05) is 23.3 Å². The lowest BCUT2D eigenvalue weighted by Crippen LogP contribution is -2.41. The predicted molar refractivity (Wildman–Crippen MR) is 98.9 cm³/mol. The number of hydrogen-bond acceptors (Lipinski definition) is 4. The van der Waals surface area contributed by atoms with Crippen LogP contribution in [0.3, 0.4) is 0 Å². The molecule has 25 heavy (non-hydrogen) atoms. The zero-order chi connectivity index (χ0) is 17.8. The van der Waals surface area contributed by atoms with Crippen LogP contribution >= 0.6 is 0 Å². The number of carbonyl (C=O) groups excluding carboxylic acids is 1. The maximum Gasteiger partial charge on any atom is 0.268 e. The first-order chi connectivity index (χ1) is 12.1. The van der Waals surface area contributed by atoms with Gasteiger partial charge in [-0.15, -0.1) is 0 Å². The summed E-state index contributed by atoms with van der Waals surface area (Å²) in [6.45, 7) is 3.54. The van der Waals surface area contributed by atoms with Gasteiger partial charge in [0.1, 0.15) is 0 Å². The summed E-state index contributed by atoms with van der Waals surface area (Å²) in [6, 6.07) is 9.54. The van der Waals surface area contributed by atoms with Crippen molar-refractivity contribution >= 4 is 17.3 Å². The standard InChI is InChI=1S/C19H24N4O2/c1-3-14-6-4-8-16(10-14)21-19(25)15-7-5-9-23(13-15)17-11-18(24)22(2)20-12-17/h4,6,8,10-12,15H,3,5,7,9,13H2,1-2H3,(H,21,25). The van der Waals surface area contributed by atoms with E-state index in [1.807, 2.05) is 18.2 Å². The SMILES string of the molecule is CCc1cccc(NC(=O)C2CCCN(c3cnn(C)c(=O)c3)C2)c1. The third-order valence-corrected chi connectivity index (χ3v) is 4.71. The molecule has 2 aromatic rings. The zero-order valence-corrected chi connectivity index (χ0v) is 14.7. The molecule has 0 saturated carbocycles. The highest BCUT2D eigenvalue weighted by Gasteiger charge is 2.26. The predicted octanol–water partition coefficient (Wildman–Crippen LogP) is 2.20. The lowest BCUT2D eigenvalue weighted by Gasteiger charge is -2.33. The third-order valence-electron chi connectivity index (χ3n) is 4.71. The van der Waals surface area contributed by atoms with E-state index in [0.29, 0.717) is 6.54 Å². The van der Waals surface area contributed by atoms with E-state index in [9.17, 15) is 9.59 Å². The number of anilines is 2. The molecule has 1 atom stereocenters. The summed E-state index contributed by atoms with van der Waals surface area (Å²) in [6.07, 6.45) is 4.40. The lowest BCUT2D eigenvalue weighted by molar-refractivity contribution is -0.120. The Kier molecular flexibility index (Phi) is 5.16. The van der Waals surface area contributed by atoms with Crippen molar-refractivity contribution in [2.45, 2.75) is 26.2 Å². The summed E-state index contributed by atoms with van der Waals surface area (Å²) in [5.41, 5.74) is 2.69. The van der Waals surface area contributed by atoms with Crippen LogP contribution in [0.5, 0.6) is 0 Å². The minimum absolute atomic E-state index is 0.0368. The van der Waals surface area contributed by atoms with Crippen molar-refractivity contribution in [1.29, 1.82) is 0 Å². The van der Waals surface area contributed by atoms with Gasteiger partial charge in [0, 0.05) is 31.9 Å². The summed E-state index contributed by atoms with van der Waals surface area (Å²) >= 11 is 0. The quantitative estimate of drug-likeness (QED) is 0.926. The van der Waals surface area contributed by atoms with Crippen LogP contribution in [0, 0.1) is 5.92 Å². The number of aromatic nitrogens is 2. The van der Waals surface area contributed by atoms with Crippen LogP contribution in [0.25, 0.3) is 0 Å². The summed E-state index contributed by atoms with van der Waals surface area (Å²) in [5.74, 6) is -0.0576. The highest BCUT2D eigenvalue weighted by Crippen LogP contribution is 2.23. The van der Waals surface area contributed by atoms with Gasteiger partial charge in [0.15, 0.2) is 0 Å². The van der Waals surface area contributed by atoms with Crippen LogP contribution in [0.15, 0.2) is 41.3 Å². The Bertz CT molecular complexity index is 815. The maximum absolute atomic E-state index is 12.6. The molecule has 1 unspecified atom stereocenters. The molecular formula is C19H24N4O2. The average Bonchev–Trinajstić information content (AvgIpc) is 2.64. The normalized spacial score (nSPS) is 17.4. The molecule has 1 aromatic carbocycles. The summed E-state index contributed by atoms with van der Waals surface area (Å²) in [5, 5.41) is 7.10. The molecular weight excluding hydrogens is 316 g/mol. The van der Waals surface area contributed by atoms with E-state index in [-0.39, 0.29) is 17.4 Å². The Morgan fingerprint density at radius 3 is 2.96 bits per heavy atom. The number of nitrogens with zero attached hydrogens (tertiary/aromatic N) is 3. The molecule has 1 aromatic heterocycles. The fraction of sp³-hybridized carbons (Fsp3) is 0.421. The van der Waals surface area contributed by atoms with E-state index in [2.05, 4.69) is 28.3 Å². The summed E-state index contributed by atoms with van der Waals surface area (Å²) < 4.78 is 1.30. The molecule has 0 spiro atoms. The van der Waals surface area contributed by atoms with Crippen molar-refractivity contribution < 1.29 is 4.79 Å². The minimum Gasteiger partial charge on any atom is -0.369 e. The Balaban J connectivity index is 1.68. The van der Waals surface area contributed by atoms with Crippen LogP contribution in [0.4, 0.5) is 11.4 Å². The largest absolute Gasteiger partial charge is 0.369 e. The molecule has 0 bridgehead atoms. The van der Waals surface area contributed by atoms with Gasteiger partial charge >= 0.3 is 0 Å². The van der Waals surface area contributed by atoms with E-state index in [0.717, 1.165) is 37.2 Å². The fourth-order valence-electron chi connectivity index (χ4n) is 3.17. The van der Waals surface area contributed by atoms with E-state index in [1.165, 1.54) is 10.2 Å². The molecule has 1 amide bonds. The zero-order valence-electron chi connectivity index (χ0n) is 14.7. The van der Waals surface area contributed by atoms with Gasteiger partial charge in [0.2, 0.25) is 5.91 Å². The average molecular weight is 340 g/mol. The van der Waals surface area contributed by atoms with Crippen molar-refractivity contribution in [2.24, 2.45) is 13.0 Å². The molecule has 0 radical (unpaired) electrons. The maximum atomic E-state index is 12.6. The molecule has 1 saturated heterocycles. The van der Waals surface area contributed by atoms with Gasteiger partial charge in [-0.2, -0.15) is 5.10 Å². The summed E-state index contributed by atoms with van der Waals surface area (Å²) in [4.78, 5) is 26.5. The van der Waals surface area contributed by atoms with Crippen molar-refractivity contribution in [3.05, 3.63) is 52.4 Å². The number of rotatable bonds is 4. The molecule has 1 N–H and O–H groups in total. The molecule has 3 rings (SSSR count). The second-order valence-corrected chi connectivity index (χ2v) is 6.50. The first kappa shape index (κ1) is 17.2. The highest BCUT2D eigenvalue weighted by atomic mass is 16.2. The van der Waals surface area contributed by atoms with Crippen molar-refractivity contribution in [1.82, 2.24) is 9.78 Å². The second kappa shape index (κ2) is 7.51. The van der Waals surface area contributed by atoms with Gasteiger partial charge in [-0.25, -0.2) is 4.68 Å². The number of nitrogens with one attached hydrogen (secondary N) is 1. The molecule has 1 fully saturated rings. The molecule has 132 valence electrons. The fourth-order valence-corrected chi connectivity index (χ4v) is 3.17. The number of carbonyl (C=O) groups is 1. The second-order valence-electron chi connectivity index (χ2n) is 6.50. The van der Waals surface area contributed by atoms with Crippen molar-refractivity contribution in [3.8, 4) is 0 Å². The molecule has 6 nitrogen and oxygen atoms in total. The molecule has 1 aliphatic heterocycles.